The highest BCUT2D eigenvalue weighted by Gasteiger charge is 2.46. The van der Waals surface area contributed by atoms with E-state index in [2.05, 4.69) is 18.7 Å². The van der Waals surface area contributed by atoms with E-state index in [0.717, 1.165) is 19.5 Å². The summed E-state index contributed by atoms with van der Waals surface area (Å²) >= 11 is 5.94. The van der Waals surface area contributed by atoms with Crippen LogP contribution in [0.3, 0.4) is 0 Å². The van der Waals surface area contributed by atoms with Crippen LogP contribution < -0.4 is 4.74 Å². The second-order valence-electron chi connectivity index (χ2n) is 5.84. The molecule has 0 aromatic heterocycles. The van der Waals surface area contributed by atoms with Gasteiger partial charge in [0.25, 0.3) is 0 Å². The summed E-state index contributed by atoms with van der Waals surface area (Å²) in [5.74, 6) is 0.834. The summed E-state index contributed by atoms with van der Waals surface area (Å²) in [5.41, 5.74) is 0.295. The van der Waals surface area contributed by atoms with E-state index in [1.165, 1.54) is 0 Å². The lowest BCUT2D eigenvalue weighted by atomic mass is 9.89. The first-order valence-corrected chi connectivity index (χ1v) is 7.13. The number of fused-ring (bicyclic) bond motifs is 1. The fraction of sp³-hybridized carbons (Fsp3) is 0.533. The summed E-state index contributed by atoms with van der Waals surface area (Å²) in [4.78, 5) is 14.7. The molecule has 1 aromatic carbocycles. The van der Waals surface area contributed by atoms with Gasteiger partial charge in [0.05, 0.1) is 12.0 Å². The predicted octanol–water partition coefficient (Wildman–Crippen LogP) is 3.16. The molecule has 1 unspecified atom stereocenters. The van der Waals surface area contributed by atoms with Crippen molar-refractivity contribution >= 4 is 17.4 Å². The van der Waals surface area contributed by atoms with Crippen LogP contribution in [0.1, 0.15) is 37.0 Å². The van der Waals surface area contributed by atoms with Gasteiger partial charge in [-0.25, -0.2) is 0 Å². The van der Waals surface area contributed by atoms with Crippen molar-refractivity contribution < 1.29 is 9.53 Å². The average molecular weight is 280 g/mol. The van der Waals surface area contributed by atoms with Crippen LogP contribution in [0.15, 0.2) is 18.2 Å². The SMILES string of the molecule is CC(C)N1CCC2(CC(=O)c3cc(Cl)ccc3O2)C1. The highest BCUT2D eigenvalue weighted by Crippen LogP contribution is 2.39. The third-order valence-corrected chi connectivity index (χ3v) is 4.36. The van der Waals surface area contributed by atoms with Crippen molar-refractivity contribution in [3.8, 4) is 5.75 Å². The Morgan fingerprint density at radius 3 is 2.89 bits per heavy atom. The van der Waals surface area contributed by atoms with Crippen LogP contribution in [-0.4, -0.2) is 35.4 Å². The van der Waals surface area contributed by atoms with Crippen molar-refractivity contribution in [1.29, 1.82) is 0 Å². The second-order valence-corrected chi connectivity index (χ2v) is 6.28. The van der Waals surface area contributed by atoms with Gasteiger partial charge in [0, 0.05) is 30.6 Å². The number of nitrogens with zero attached hydrogens (tertiary/aromatic N) is 1. The molecule has 0 N–H and O–H groups in total. The maximum absolute atomic E-state index is 12.3. The highest BCUT2D eigenvalue weighted by atomic mass is 35.5. The van der Waals surface area contributed by atoms with E-state index >= 15 is 0 Å². The maximum atomic E-state index is 12.3. The Kier molecular flexibility index (Phi) is 3.06. The van der Waals surface area contributed by atoms with Gasteiger partial charge in [-0.1, -0.05) is 11.6 Å². The third kappa shape index (κ3) is 2.26. The van der Waals surface area contributed by atoms with Crippen LogP contribution in [0.2, 0.25) is 5.02 Å². The second kappa shape index (κ2) is 4.50. The van der Waals surface area contributed by atoms with Crippen LogP contribution in [0.4, 0.5) is 0 Å². The molecule has 19 heavy (non-hydrogen) atoms. The summed E-state index contributed by atoms with van der Waals surface area (Å²) in [7, 11) is 0. The lowest BCUT2D eigenvalue weighted by molar-refractivity contribution is 0.0438. The largest absolute Gasteiger partial charge is 0.485 e. The lowest BCUT2D eigenvalue weighted by Gasteiger charge is -2.35. The van der Waals surface area contributed by atoms with E-state index in [4.69, 9.17) is 16.3 Å². The van der Waals surface area contributed by atoms with Crippen LogP contribution in [0.5, 0.6) is 5.75 Å². The monoisotopic (exact) mass is 279 g/mol. The molecule has 2 aliphatic rings. The Labute approximate surface area is 118 Å². The van der Waals surface area contributed by atoms with E-state index < -0.39 is 0 Å². The fourth-order valence-electron chi connectivity index (χ4n) is 3.01. The zero-order valence-corrected chi connectivity index (χ0v) is 12.0. The number of hydrogen-bond donors (Lipinski definition) is 0. The lowest BCUT2D eigenvalue weighted by Crippen LogP contribution is -2.45. The molecule has 0 radical (unpaired) electrons. The van der Waals surface area contributed by atoms with Gasteiger partial charge in [-0.15, -0.1) is 0 Å². The minimum absolute atomic E-state index is 0.148. The zero-order valence-electron chi connectivity index (χ0n) is 11.3. The Hall–Kier alpha value is -1.06. The quantitative estimate of drug-likeness (QED) is 0.791. The first kappa shape index (κ1) is 12.9. The number of carbonyl (C=O) groups excluding carboxylic acids is 1. The summed E-state index contributed by atoms with van der Waals surface area (Å²) < 4.78 is 6.17. The molecule has 2 aliphatic heterocycles. The van der Waals surface area contributed by atoms with Gasteiger partial charge in [-0.3, -0.25) is 9.69 Å². The molecule has 0 amide bonds. The van der Waals surface area contributed by atoms with Gasteiger partial charge >= 0.3 is 0 Å². The summed E-state index contributed by atoms with van der Waals surface area (Å²) in [5, 5.41) is 0.585. The first-order chi connectivity index (χ1) is 8.99. The molecule has 1 aromatic rings. The molecular formula is C15H18ClNO2. The van der Waals surface area contributed by atoms with Crippen LogP contribution in [0.25, 0.3) is 0 Å². The topological polar surface area (TPSA) is 29.5 Å². The molecule has 3 rings (SSSR count). The summed E-state index contributed by atoms with van der Waals surface area (Å²) in [6.45, 7) is 6.18. The van der Waals surface area contributed by atoms with Crippen LogP contribution in [-0.2, 0) is 0 Å². The molecule has 0 bridgehead atoms. The third-order valence-electron chi connectivity index (χ3n) is 4.13. The molecule has 0 aliphatic carbocycles. The van der Waals surface area contributed by atoms with Crippen molar-refractivity contribution in [3.05, 3.63) is 28.8 Å². The van der Waals surface area contributed by atoms with Crippen molar-refractivity contribution in [2.75, 3.05) is 13.1 Å². The standard InChI is InChI=1S/C15H18ClNO2/c1-10(2)17-6-5-15(9-17)8-13(18)12-7-11(16)3-4-14(12)19-15/h3-4,7,10H,5-6,8-9H2,1-2H3. The molecule has 1 fully saturated rings. The molecule has 1 atom stereocenters. The minimum Gasteiger partial charge on any atom is -0.485 e. The van der Waals surface area contributed by atoms with E-state index in [1.54, 1.807) is 12.1 Å². The number of carbonyl (C=O) groups is 1. The van der Waals surface area contributed by atoms with Crippen LogP contribution in [0, 0.1) is 0 Å². The maximum Gasteiger partial charge on any atom is 0.170 e. The predicted molar refractivity (Wildman–Crippen MR) is 75.1 cm³/mol. The number of ketones is 1. The Bertz CT molecular complexity index is 529. The number of Topliss-reactive ketones (excluding diaryl/α,β-unsaturated/α-hetero) is 1. The van der Waals surface area contributed by atoms with Gasteiger partial charge in [-0.05, 0) is 32.0 Å². The van der Waals surface area contributed by atoms with Gasteiger partial charge < -0.3 is 4.74 Å². The smallest absolute Gasteiger partial charge is 0.170 e. The fourth-order valence-corrected chi connectivity index (χ4v) is 3.18. The van der Waals surface area contributed by atoms with Crippen molar-refractivity contribution in [1.82, 2.24) is 4.90 Å². The number of halogens is 1. The first-order valence-electron chi connectivity index (χ1n) is 6.75. The molecule has 2 heterocycles. The van der Waals surface area contributed by atoms with E-state index in [1.807, 2.05) is 6.07 Å². The normalized spacial score (nSPS) is 26.8. The Morgan fingerprint density at radius 2 is 2.21 bits per heavy atom. The number of ether oxygens (including phenoxy) is 1. The van der Waals surface area contributed by atoms with Crippen LogP contribution >= 0.6 is 11.6 Å². The number of benzene rings is 1. The van der Waals surface area contributed by atoms with Crippen molar-refractivity contribution in [3.63, 3.8) is 0 Å². The zero-order chi connectivity index (χ0) is 13.6. The van der Waals surface area contributed by atoms with Gasteiger partial charge in [-0.2, -0.15) is 0 Å². The van der Waals surface area contributed by atoms with Crippen molar-refractivity contribution in [2.24, 2.45) is 0 Å². The van der Waals surface area contributed by atoms with E-state index in [9.17, 15) is 4.79 Å². The molecule has 4 heteroatoms. The highest BCUT2D eigenvalue weighted by molar-refractivity contribution is 6.31. The average Bonchev–Trinajstić information content (AvgIpc) is 2.74. The summed E-state index contributed by atoms with van der Waals surface area (Å²) in [6.07, 6.45) is 1.38. The van der Waals surface area contributed by atoms with Gasteiger partial charge in [0.2, 0.25) is 0 Å². The molecule has 1 saturated heterocycles. The molecule has 102 valence electrons. The Morgan fingerprint density at radius 1 is 1.42 bits per heavy atom. The Balaban J connectivity index is 1.90. The van der Waals surface area contributed by atoms with Crippen molar-refractivity contribution in [2.45, 2.75) is 38.3 Å². The van der Waals surface area contributed by atoms with Gasteiger partial charge in [0.1, 0.15) is 11.4 Å². The summed E-state index contributed by atoms with van der Waals surface area (Å²) in [6, 6.07) is 5.79. The molecule has 3 nitrogen and oxygen atoms in total. The minimum atomic E-state index is -0.331. The number of likely N-dealkylation sites (tertiary alicyclic amines) is 1. The van der Waals surface area contributed by atoms with Gasteiger partial charge in [0.15, 0.2) is 5.78 Å². The van der Waals surface area contributed by atoms with E-state index in [0.29, 0.717) is 28.8 Å². The number of rotatable bonds is 1. The molecule has 0 saturated carbocycles. The molecule has 1 spiro atoms. The molecular weight excluding hydrogens is 262 g/mol. The van der Waals surface area contributed by atoms with E-state index in [-0.39, 0.29) is 11.4 Å². The number of hydrogen-bond acceptors (Lipinski definition) is 3.